The van der Waals surface area contributed by atoms with Crippen molar-refractivity contribution in [2.75, 3.05) is 33.2 Å². The minimum atomic E-state index is -0.275. The van der Waals surface area contributed by atoms with Gasteiger partial charge in [-0.05, 0) is 19.2 Å². The summed E-state index contributed by atoms with van der Waals surface area (Å²) in [5.74, 6) is -0.0522. The lowest BCUT2D eigenvalue weighted by Crippen LogP contribution is -2.48. The highest BCUT2D eigenvalue weighted by molar-refractivity contribution is 5.76. The molecule has 0 aliphatic carbocycles. The van der Waals surface area contributed by atoms with Gasteiger partial charge < -0.3 is 9.80 Å². The number of rotatable bonds is 2. The second-order valence-electron chi connectivity index (χ2n) is 5.05. The summed E-state index contributed by atoms with van der Waals surface area (Å²) in [7, 11) is 2.04. The molecule has 7 heteroatoms. The number of aromatic nitrogens is 3. The Hall–Kier alpha value is -2.15. The Morgan fingerprint density at radius 2 is 2.00 bits per heavy atom. The van der Waals surface area contributed by atoms with E-state index in [2.05, 4.69) is 10.00 Å². The summed E-state index contributed by atoms with van der Waals surface area (Å²) < 4.78 is 2.67. The number of hydrogen-bond acceptors (Lipinski definition) is 4. The Labute approximate surface area is 116 Å². The number of hydrogen-bond donors (Lipinski definition) is 0. The summed E-state index contributed by atoms with van der Waals surface area (Å²) in [6.07, 6.45) is 1.65. The maximum Gasteiger partial charge on any atom is 0.350 e. The van der Waals surface area contributed by atoms with Crippen LogP contribution in [0.5, 0.6) is 0 Å². The summed E-state index contributed by atoms with van der Waals surface area (Å²) in [4.78, 5) is 28.3. The third-order valence-electron chi connectivity index (χ3n) is 3.63. The molecule has 1 aliphatic rings. The molecular formula is C13H17N5O2. The molecule has 0 atom stereocenters. The van der Waals surface area contributed by atoms with Crippen molar-refractivity contribution >= 4 is 11.6 Å². The second kappa shape index (κ2) is 5.09. The molecule has 1 aliphatic heterocycles. The van der Waals surface area contributed by atoms with E-state index < -0.39 is 0 Å². The molecule has 0 N–H and O–H groups in total. The highest BCUT2D eigenvalue weighted by Crippen LogP contribution is 2.01. The Morgan fingerprint density at radius 1 is 1.25 bits per heavy atom. The summed E-state index contributed by atoms with van der Waals surface area (Å²) >= 11 is 0. The van der Waals surface area contributed by atoms with Crippen LogP contribution in [-0.2, 0) is 11.3 Å². The van der Waals surface area contributed by atoms with E-state index in [1.807, 2.05) is 13.1 Å². The normalized spacial score (nSPS) is 16.8. The minimum absolute atomic E-state index is 0.00419. The van der Waals surface area contributed by atoms with E-state index in [0.717, 1.165) is 13.1 Å². The number of pyridine rings is 1. The van der Waals surface area contributed by atoms with Crippen molar-refractivity contribution in [2.45, 2.75) is 6.54 Å². The minimum Gasteiger partial charge on any atom is -0.339 e. The van der Waals surface area contributed by atoms with Gasteiger partial charge in [0.15, 0.2) is 5.65 Å². The van der Waals surface area contributed by atoms with Gasteiger partial charge in [0.2, 0.25) is 5.91 Å². The van der Waals surface area contributed by atoms with Gasteiger partial charge in [-0.25, -0.2) is 9.48 Å². The molecule has 106 valence electrons. The molecule has 1 amide bonds. The van der Waals surface area contributed by atoms with Crippen molar-refractivity contribution in [3.05, 3.63) is 34.9 Å². The van der Waals surface area contributed by atoms with Crippen molar-refractivity contribution in [1.82, 2.24) is 24.0 Å². The van der Waals surface area contributed by atoms with E-state index >= 15 is 0 Å². The van der Waals surface area contributed by atoms with E-state index in [4.69, 9.17) is 0 Å². The molecular weight excluding hydrogens is 258 g/mol. The molecule has 0 spiro atoms. The number of carbonyl (C=O) groups is 1. The van der Waals surface area contributed by atoms with Gasteiger partial charge in [-0.15, -0.1) is 5.10 Å². The van der Waals surface area contributed by atoms with E-state index in [-0.39, 0.29) is 18.1 Å². The van der Waals surface area contributed by atoms with Crippen LogP contribution in [0.1, 0.15) is 0 Å². The number of nitrogens with zero attached hydrogens (tertiary/aromatic N) is 5. The van der Waals surface area contributed by atoms with Crippen LogP contribution in [0.3, 0.4) is 0 Å². The zero-order chi connectivity index (χ0) is 14.1. The van der Waals surface area contributed by atoms with E-state index in [0.29, 0.717) is 18.7 Å². The Morgan fingerprint density at radius 3 is 2.70 bits per heavy atom. The van der Waals surface area contributed by atoms with Crippen LogP contribution in [-0.4, -0.2) is 63.1 Å². The van der Waals surface area contributed by atoms with Gasteiger partial charge in [-0.2, -0.15) is 0 Å². The van der Waals surface area contributed by atoms with Gasteiger partial charge in [-0.1, -0.05) is 6.07 Å². The van der Waals surface area contributed by atoms with Gasteiger partial charge in [-0.3, -0.25) is 9.20 Å². The fourth-order valence-corrected chi connectivity index (χ4v) is 2.36. The number of carbonyl (C=O) groups excluding carboxylic acids is 1. The largest absolute Gasteiger partial charge is 0.350 e. The summed E-state index contributed by atoms with van der Waals surface area (Å²) in [6, 6.07) is 5.33. The topological polar surface area (TPSA) is 62.9 Å². The Kier molecular flexibility index (Phi) is 3.27. The van der Waals surface area contributed by atoms with Crippen LogP contribution in [0.25, 0.3) is 5.65 Å². The average molecular weight is 275 g/mol. The van der Waals surface area contributed by atoms with Gasteiger partial charge in [0, 0.05) is 32.4 Å². The molecule has 3 heterocycles. The van der Waals surface area contributed by atoms with Gasteiger partial charge in [0.25, 0.3) is 0 Å². The number of amides is 1. The maximum atomic E-state index is 12.2. The van der Waals surface area contributed by atoms with E-state index in [1.54, 1.807) is 23.2 Å². The highest BCUT2D eigenvalue weighted by Gasteiger charge is 2.20. The van der Waals surface area contributed by atoms with Crippen LogP contribution < -0.4 is 5.69 Å². The fourth-order valence-electron chi connectivity index (χ4n) is 2.36. The third kappa shape index (κ3) is 2.32. The zero-order valence-corrected chi connectivity index (χ0v) is 11.4. The molecule has 0 saturated carbocycles. The molecule has 0 bridgehead atoms. The smallest absolute Gasteiger partial charge is 0.339 e. The molecule has 1 saturated heterocycles. The fraction of sp³-hybridized carbons (Fsp3) is 0.462. The summed E-state index contributed by atoms with van der Waals surface area (Å²) in [5, 5.41) is 4.17. The second-order valence-corrected chi connectivity index (χ2v) is 5.05. The molecule has 0 radical (unpaired) electrons. The predicted molar refractivity (Wildman–Crippen MR) is 73.5 cm³/mol. The third-order valence-corrected chi connectivity index (χ3v) is 3.63. The van der Waals surface area contributed by atoms with Crippen LogP contribution in [0, 0.1) is 0 Å². The zero-order valence-electron chi connectivity index (χ0n) is 11.4. The van der Waals surface area contributed by atoms with Crippen molar-refractivity contribution in [2.24, 2.45) is 0 Å². The molecule has 3 rings (SSSR count). The maximum absolute atomic E-state index is 12.2. The number of fused-ring (bicyclic) bond motifs is 1. The quantitative estimate of drug-likeness (QED) is 0.725. The van der Waals surface area contributed by atoms with Crippen molar-refractivity contribution in [3.8, 4) is 0 Å². The summed E-state index contributed by atoms with van der Waals surface area (Å²) in [6.45, 7) is 3.15. The molecule has 2 aromatic rings. The van der Waals surface area contributed by atoms with Gasteiger partial charge in [0.05, 0.1) is 0 Å². The summed E-state index contributed by atoms with van der Waals surface area (Å²) in [5.41, 5.74) is 0.284. The SMILES string of the molecule is CN1CCN(C(=O)Cn2nc3ccccn3c2=O)CC1. The lowest BCUT2D eigenvalue weighted by Gasteiger charge is -2.32. The van der Waals surface area contributed by atoms with Crippen molar-refractivity contribution in [1.29, 1.82) is 0 Å². The van der Waals surface area contributed by atoms with E-state index in [1.165, 1.54) is 9.08 Å². The van der Waals surface area contributed by atoms with Crippen molar-refractivity contribution < 1.29 is 4.79 Å². The molecule has 0 unspecified atom stereocenters. The lowest BCUT2D eigenvalue weighted by atomic mass is 10.3. The van der Waals surface area contributed by atoms with Gasteiger partial charge in [0.1, 0.15) is 6.54 Å². The Bertz CT molecular complexity index is 681. The Balaban J connectivity index is 1.78. The molecule has 2 aromatic heterocycles. The first kappa shape index (κ1) is 12.9. The lowest BCUT2D eigenvalue weighted by molar-refractivity contribution is -0.133. The molecule has 7 nitrogen and oxygen atoms in total. The molecule has 1 fully saturated rings. The van der Waals surface area contributed by atoms with Crippen LogP contribution >= 0.6 is 0 Å². The monoisotopic (exact) mass is 275 g/mol. The first-order valence-electron chi connectivity index (χ1n) is 6.66. The van der Waals surface area contributed by atoms with Crippen LogP contribution in [0.2, 0.25) is 0 Å². The van der Waals surface area contributed by atoms with Gasteiger partial charge >= 0.3 is 5.69 Å². The number of piperazine rings is 1. The first-order valence-corrected chi connectivity index (χ1v) is 6.66. The number of likely N-dealkylation sites (N-methyl/N-ethyl adjacent to an activating group) is 1. The predicted octanol–water partition coefficient (Wildman–Crippen LogP) is -0.730. The van der Waals surface area contributed by atoms with Crippen LogP contribution in [0.4, 0.5) is 0 Å². The standard InChI is InChI=1S/C13H17N5O2/c1-15-6-8-16(9-7-15)12(19)10-18-13(20)17-5-3-2-4-11(17)14-18/h2-5H,6-10H2,1H3. The van der Waals surface area contributed by atoms with E-state index in [9.17, 15) is 9.59 Å². The first-order chi connectivity index (χ1) is 9.65. The molecule has 20 heavy (non-hydrogen) atoms. The van der Waals surface area contributed by atoms with Crippen LogP contribution in [0.15, 0.2) is 29.2 Å². The molecule has 0 aromatic carbocycles. The highest BCUT2D eigenvalue weighted by atomic mass is 16.2. The van der Waals surface area contributed by atoms with Crippen molar-refractivity contribution in [3.63, 3.8) is 0 Å². The average Bonchev–Trinajstić information content (AvgIpc) is 2.77.